The molecule has 2 aliphatic carbocycles. The number of hydrogen-bond acceptors (Lipinski definition) is 0. The Morgan fingerprint density at radius 1 is 0.203 bits per heavy atom. The highest BCUT2D eigenvalue weighted by Gasteiger charge is 2.46. The van der Waals surface area contributed by atoms with Crippen molar-refractivity contribution in [2.75, 3.05) is 0 Å². The average molecular weight is 1590 g/mol. The summed E-state index contributed by atoms with van der Waals surface area (Å²) in [6, 6.07) is 156. The van der Waals surface area contributed by atoms with Gasteiger partial charge in [0.1, 0.15) is 0 Å². The van der Waals surface area contributed by atoms with Gasteiger partial charge in [-0.2, -0.15) is 0 Å². The van der Waals surface area contributed by atoms with E-state index in [1.165, 1.54) is 199 Å². The molecule has 4 heteroatoms. The third-order valence-electron chi connectivity index (χ3n) is 25.0. The molecule has 22 aromatic rings. The van der Waals surface area contributed by atoms with Crippen LogP contribution in [0, 0.1) is 41.5 Å². The molecule has 4 aromatic heterocycles. The quantitative estimate of drug-likeness (QED) is 0.158. The van der Waals surface area contributed by atoms with E-state index in [9.17, 15) is 0 Å². The van der Waals surface area contributed by atoms with Gasteiger partial charge in [-0.15, -0.1) is 0 Å². The van der Waals surface area contributed by atoms with E-state index in [2.05, 4.69) is 510 Å². The number of fused-ring (bicyclic) bond motifs is 18. The van der Waals surface area contributed by atoms with E-state index in [1.807, 2.05) is 0 Å². The normalized spacial score (nSPS) is 12.3. The predicted molar refractivity (Wildman–Crippen MR) is 526 cm³/mol. The van der Waals surface area contributed by atoms with Gasteiger partial charge in [0, 0.05) is 71.3 Å². The van der Waals surface area contributed by atoms with Crippen LogP contribution < -0.4 is 0 Å². The topological polar surface area (TPSA) is 19.7 Å². The van der Waals surface area contributed by atoms with E-state index in [0.29, 0.717) is 0 Å². The molecule has 0 N–H and O–H groups in total. The van der Waals surface area contributed by atoms with E-state index in [4.69, 9.17) is 0 Å². The number of para-hydroxylation sites is 9. The maximum Gasteiger partial charge on any atom is 0.0713 e. The van der Waals surface area contributed by atoms with Gasteiger partial charge in [-0.3, -0.25) is 0 Å². The Morgan fingerprint density at radius 3 is 1.08 bits per heavy atom. The molecular formula is C119H100N4. The van der Waals surface area contributed by atoms with Crippen molar-refractivity contribution in [2.45, 2.75) is 73.6 Å². The molecule has 2 aliphatic rings. The van der Waals surface area contributed by atoms with Crippen LogP contribution >= 0.6 is 0 Å². The maximum absolute atomic E-state index is 2.36. The molecule has 24 rings (SSSR count). The van der Waals surface area contributed by atoms with Gasteiger partial charge in [-0.05, 0) is 222 Å². The van der Waals surface area contributed by atoms with E-state index < -0.39 is 0 Å². The van der Waals surface area contributed by atoms with Crippen LogP contribution in [0.2, 0.25) is 0 Å². The summed E-state index contributed by atoms with van der Waals surface area (Å²) in [5, 5.41) is 10.6. The van der Waals surface area contributed by atoms with Crippen LogP contribution in [0.4, 0.5) is 0 Å². The van der Waals surface area contributed by atoms with Gasteiger partial charge >= 0.3 is 0 Å². The third-order valence-corrected chi connectivity index (χ3v) is 25.0. The Bertz CT molecular complexity index is 7460. The molecule has 4 heterocycles. The average Bonchev–Trinajstić information content (AvgIpc) is 1.54. The standard InChI is InChI=1S/C26H20.4C19H15N.C16H16.CH4/c1-19-11-10-18-24-25(19)22-16-8-9-17-23(22)26(24,20-12-4-2-5-13-20)21-14-6-3-7-15-21;1-14-8-7-12-17-16-11-5-6-13-18(16)20(19(14)17)15-9-3-2-4-10-15;1-14-8-7-13-18-19(14)16-11-5-6-12-17(16)20(18)15-9-3-2-4-10-15;1-14-11-12-19-17(13-14)16-9-5-6-10-18(16)20(19)15-7-3-2-4-8-15;1-14-11-12-17-16-9-5-6-10-18(16)20(19(17)13-14)15-7-3-2-4-8-15;1-11-7-6-10-14-15(11)12-8-4-5-9-13(12)16(14,2)3;/h2-18H,1H3;4*2-13H,1H3;4-10H,1-3H3;1H4. The Kier molecular flexibility index (Phi) is 21.8. The molecule has 0 saturated carbocycles. The minimum Gasteiger partial charge on any atom is -0.309 e. The first-order valence-electron chi connectivity index (χ1n) is 42.6. The highest BCUT2D eigenvalue weighted by molar-refractivity contribution is 6.13. The van der Waals surface area contributed by atoms with Crippen molar-refractivity contribution in [3.05, 3.63) is 504 Å². The summed E-state index contributed by atoms with van der Waals surface area (Å²) in [5.41, 5.74) is 36.8. The molecule has 596 valence electrons. The van der Waals surface area contributed by atoms with Crippen LogP contribution in [0.25, 0.3) is 132 Å². The minimum atomic E-state index is -0.263. The summed E-state index contributed by atoms with van der Waals surface area (Å²) >= 11 is 0. The number of aryl methyl sites for hydroxylation is 6. The van der Waals surface area contributed by atoms with Crippen LogP contribution in [0.5, 0.6) is 0 Å². The summed E-state index contributed by atoms with van der Waals surface area (Å²) in [7, 11) is 0. The van der Waals surface area contributed by atoms with E-state index >= 15 is 0 Å². The molecule has 18 aromatic carbocycles. The van der Waals surface area contributed by atoms with Crippen molar-refractivity contribution in [3.63, 3.8) is 0 Å². The first-order valence-corrected chi connectivity index (χ1v) is 42.6. The number of rotatable bonds is 6. The van der Waals surface area contributed by atoms with E-state index in [-0.39, 0.29) is 18.3 Å². The number of benzene rings is 18. The third kappa shape index (κ3) is 14.2. The zero-order valence-corrected chi connectivity index (χ0v) is 70.4. The Hall–Kier alpha value is -14.8. The van der Waals surface area contributed by atoms with Crippen molar-refractivity contribution in [1.29, 1.82) is 0 Å². The van der Waals surface area contributed by atoms with Crippen LogP contribution in [-0.2, 0) is 10.8 Å². The number of hydrogen-bond donors (Lipinski definition) is 0. The van der Waals surface area contributed by atoms with E-state index in [1.54, 1.807) is 0 Å². The Labute approximate surface area is 722 Å². The molecular weight excluding hydrogens is 1490 g/mol. The SMILES string of the molecule is C.Cc1ccc2c(c1)c1ccccc1n2-c1ccccc1.Cc1ccc2c3ccccc3n(-c3ccccc3)c2c1.Cc1cccc2c1-c1ccccc1C2(C)C.Cc1cccc2c1-c1ccccc1C2(c1ccccc1)c1ccccc1.Cc1cccc2c1c1ccccc1n2-c1ccccc1.Cc1cccc2c3ccccc3n(-c3ccccc3)c12. The number of nitrogens with zero attached hydrogens (tertiary/aromatic N) is 4. The summed E-state index contributed by atoms with van der Waals surface area (Å²) in [6.07, 6.45) is 0. The van der Waals surface area contributed by atoms with Gasteiger partial charge in [-0.1, -0.05) is 367 Å². The fourth-order valence-corrected chi connectivity index (χ4v) is 19.6. The minimum absolute atomic E-state index is 0. The summed E-state index contributed by atoms with van der Waals surface area (Å²) in [6.45, 7) is 17.7. The second kappa shape index (κ2) is 33.8. The van der Waals surface area contributed by atoms with Crippen molar-refractivity contribution in [2.24, 2.45) is 0 Å². The molecule has 0 saturated heterocycles. The highest BCUT2D eigenvalue weighted by atomic mass is 15.0. The predicted octanol–water partition coefficient (Wildman–Crippen LogP) is 31.7. The first kappa shape index (κ1) is 79.3. The Balaban J connectivity index is 0.000000101. The zero-order valence-electron chi connectivity index (χ0n) is 70.4. The zero-order chi connectivity index (χ0) is 83.0. The molecule has 0 unspecified atom stereocenters. The van der Waals surface area contributed by atoms with Gasteiger partial charge in [0.2, 0.25) is 0 Å². The molecule has 4 nitrogen and oxygen atoms in total. The molecule has 0 atom stereocenters. The highest BCUT2D eigenvalue weighted by Crippen LogP contribution is 2.57. The van der Waals surface area contributed by atoms with Crippen molar-refractivity contribution in [3.8, 4) is 45.0 Å². The molecule has 0 fully saturated rings. The lowest BCUT2D eigenvalue weighted by Gasteiger charge is -2.33. The Morgan fingerprint density at radius 2 is 0.528 bits per heavy atom. The molecule has 123 heavy (non-hydrogen) atoms. The molecule has 0 radical (unpaired) electrons. The maximum atomic E-state index is 2.36. The van der Waals surface area contributed by atoms with Crippen LogP contribution in [-0.4, -0.2) is 18.3 Å². The second-order valence-electron chi connectivity index (χ2n) is 32.9. The molecule has 0 amide bonds. The van der Waals surface area contributed by atoms with E-state index in [0.717, 1.165) is 0 Å². The summed E-state index contributed by atoms with van der Waals surface area (Å²) in [4.78, 5) is 0. The smallest absolute Gasteiger partial charge is 0.0713 e. The van der Waals surface area contributed by atoms with Gasteiger partial charge in [0.25, 0.3) is 0 Å². The monoisotopic (exact) mass is 1580 g/mol. The first-order chi connectivity index (χ1) is 59.9. The molecule has 0 spiro atoms. The van der Waals surface area contributed by atoms with Gasteiger partial charge in [0.05, 0.1) is 49.5 Å². The summed E-state index contributed by atoms with van der Waals surface area (Å²) in [5.74, 6) is 0. The lowest BCUT2D eigenvalue weighted by Crippen LogP contribution is -2.28. The fraction of sp³-hybridized carbons (Fsp3) is 0.0924. The second-order valence-corrected chi connectivity index (χ2v) is 32.9. The summed E-state index contributed by atoms with van der Waals surface area (Å²) < 4.78 is 9.39. The molecule has 0 bridgehead atoms. The van der Waals surface area contributed by atoms with Gasteiger partial charge in [-0.25, -0.2) is 0 Å². The number of aromatic nitrogens is 4. The van der Waals surface area contributed by atoms with Crippen LogP contribution in [0.15, 0.2) is 437 Å². The van der Waals surface area contributed by atoms with Crippen molar-refractivity contribution in [1.82, 2.24) is 18.3 Å². The van der Waals surface area contributed by atoms with Crippen molar-refractivity contribution >= 4 is 87.2 Å². The van der Waals surface area contributed by atoms with Crippen molar-refractivity contribution < 1.29 is 0 Å². The van der Waals surface area contributed by atoms with Gasteiger partial charge < -0.3 is 18.3 Å². The largest absolute Gasteiger partial charge is 0.309 e. The molecule has 0 aliphatic heterocycles. The van der Waals surface area contributed by atoms with Gasteiger partial charge in [0.15, 0.2) is 0 Å². The van der Waals surface area contributed by atoms with Crippen LogP contribution in [0.3, 0.4) is 0 Å². The van der Waals surface area contributed by atoms with Crippen LogP contribution in [0.1, 0.15) is 88.0 Å². The fourth-order valence-electron chi connectivity index (χ4n) is 19.6. The lowest BCUT2D eigenvalue weighted by atomic mass is 9.67. The lowest BCUT2D eigenvalue weighted by molar-refractivity contribution is 0.660.